The highest BCUT2D eigenvalue weighted by Crippen LogP contribution is 2.25. The van der Waals surface area contributed by atoms with Gasteiger partial charge in [0.25, 0.3) is 0 Å². The fourth-order valence-electron chi connectivity index (χ4n) is 4.95. The van der Waals surface area contributed by atoms with Gasteiger partial charge in [-0.1, -0.05) is 30.3 Å². The standard InChI is InChI=1S/C23H29N5O/c1-18-6-2-3-10-22(18)28-14-12-27(13-15-28)20-8-5-11-26(17-20)16-19-7-4-9-21-23(19)25-29-24-21/h2-4,6-7,9-10,20H,5,8,11-17H2,1H3. The van der Waals surface area contributed by atoms with E-state index in [9.17, 15) is 0 Å². The van der Waals surface area contributed by atoms with Crippen LogP contribution >= 0.6 is 0 Å². The Hall–Kier alpha value is -2.44. The third-order valence-corrected chi connectivity index (χ3v) is 6.53. The molecule has 6 nitrogen and oxygen atoms in total. The summed E-state index contributed by atoms with van der Waals surface area (Å²) in [5, 5.41) is 8.09. The molecular formula is C23H29N5O. The van der Waals surface area contributed by atoms with Crippen LogP contribution in [-0.4, -0.2) is 65.4 Å². The van der Waals surface area contributed by atoms with Gasteiger partial charge in [0.1, 0.15) is 11.0 Å². The molecule has 0 amide bonds. The zero-order valence-corrected chi connectivity index (χ0v) is 17.1. The molecule has 5 rings (SSSR count). The minimum Gasteiger partial charge on any atom is -0.369 e. The second-order valence-corrected chi connectivity index (χ2v) is 8.39. The molecule has 2 saturated heterocycles. The molecule has 0 spiro atoms. The van der Waals surface area contributed by atoms with Crippen molar-refractivity contribution in [2.24, 2.45) is 0 Å². The number of fused-ring (bicyclic) bond motifs is 1. The Morgan fingerprint density at radius 1 is 0.966 bits per heavy atom. The number of hydrogen-bond acceptors (Lipinski definition) is 6. The summed E-state index contributed by atoms with van der Waals surface area (Å²) in [5.74, 6) is 0. The van der Waals surface area contributed by atoms with Gasteiger partial charge >= 0.3 is 0 Å². The largest absolute Gasteiger partial charge is 0.369 e. The number of aryl methyl sites for hydroxylation is 1. The summed E-state index contributed by atoms with van der Waals surface area (Å²) in [7, 11) is 0. The van der Waals surface area contributed by atoms with E-state index in [0.717, 1.165) is 56.8 Å². The van der Waals surface area contributed by atoms with Gasteiger partial charge in [0, 0.05) is 51.0 Å². The smallest absolute Gasteiger partial charge is 0.139 e. The van der Waals surface area contributed by atoms with Crippen LogP contribution in [0, 0.1) is 6.92 Å². The number of nitrogens with zero attached hydrogens (tertiary/aromatic N) is 5. The summed E-state index contributed by atoms with van der Waals surface area (Å²) in [5.41, 5.74) is 5.74. The number of likely N-dealkylation sites (tertiary alicyclic amines) is 1. The molecule has 2 aliphatic rings. The van der Waals surface area contributed by atoms with Crippen molar-refractivity contribution in [2.45, 2.75) is 32.4 Å². The first-order chi connectivity index (χ1) is 14.3. The molecule has 0 radical (unpaired) electrons. The Balaban J connectivity index is 1.20. The summed E-state index contributed by atoms with van der Waals surface area (Å²) in [6.07, 6.45) is 2.56. The SMILES string of the molecule is Cc1ccccc1N1CCN(C2CCCN(Cc3cccc4nonc34)C2)CC1. The van der Waals surface area contributed by atoms with Crippen LogP contribution in [0.3, 0.4) is 0 Å². The van der Waals surface area contributed by atoms with E-state index in [1.807, 2.05) is 12.1 Å². The predicted octanol–water partition coefficient (Wildman–Crippen LogP) is 3.32. The van der Waals surface area contributed by atoms with Crippen LogP contribution in [0.25, 0.3) is 11.0 Å². The molecule has 29 heavy (non-hydrogen) atoms. The molecule has 1 atom stereocenters. The van der Waals surface area contributed by atoms with E-state index < -0.39 is 0 Å². The number of piperidine rings is 1. The van der Waals surface area contributed by atoms with Crippen LogP contribution in [0.1, 0.15) is 24.0 Å². The molecule has 1 aromatic heterocycles. The molecule has 0 aliphatic carbocycles. The Kier molecular flexibility index (Phi) is 5.21. The van der Waals surface area contributed by atoms with Crippen molar-refractivity contribution in [3.63, 3.8) is 0 Å². The van der Waals surface area contributed by atoms with Gasteiger partial charge in [-0.2, -0.15) is 0 Å². The number of aromatic nitrogens is 2. The highest BCUT2D eigenvalue weighted by molar-refractivity contribution is 5.76. The van der Waals surface area contributed by atoms with Gasteiger partial charge in [-0.25, -0.2) is 4.63 Å². The summed E-state index contributed by atoms with van der Waals surface area (Å²) >= 11 is 0. The zero-order chi connectivity index (χ0) is 19.6. The molecule has 152 valence electrons. The van der Waals surface area contributed by atoms with Gasteiger partial charge in [0.2, 0.25) is 0 Å². The van der Waals surface area contributed by atoms with Crippen LogP contribution in [0.4, 0.5) is 5.69 Å². The van der Waals surface area contributed by atoms with Crippen molar-refractivity contribution < 1.29 is 4.63 Å². The minimum absolute atomic E-state index is 0.650. The third-order valence-electron chi connectivity index (χ3n) is 6.53. The highest BCUT2D eigenvalue weighted by atomic mass is 16.6. The van der Waals surface area contributed by atoms with Crippen molar-refractivity contribution in [3.05, 3.63) is 53.6 Å². The molecule has 2 aromatic carbocycles. The monoisotopic (exact) mass is 391 g/mol. The molecule has 0 bridgehead atoms. The summed E-state index contributed by atoms with van der Waals surface area (Å²) in [6, 6.07) is 15.6. The lowest BCUT2D eigenvalue weighted by Crippen LogP contribution is -2.55. The Morgan fingerprint density at radius 2 is 1.83 bits per heavy atom. The lowest BCUT2D eigenvalue weighted by atomic mass is 10.0. The molecule has 6 heteroatoms. The quantitative estimate of drug-likeness (QED) is 0.680. The van der Waals surface area contributed by atoms with Gasteiger partial charge in [0.15, 0.2) is 0 Å². The van der Waals surface area contributed by atoms with E-state index in [1.165, 1.54) is 29.7 Å². The summed E-state index contributed by atoms with van der Waals surface area (Å²) in [6.45, 7) is 9.95. The van der Waals surface area contributed by atoms with Crippen LogP contribution in [0.5, 0.6) is 0 Å². The topological polar surface area (TPSA) is 48.6 Å². The molecule has 0 N–H and O–H groups in total. The average molecular weight is 392 g/mol. The minimum atomic E-state index is 0.650. The van der Waals surface area contributed by atoms with Crippen molar-refractivity contribution in [3.8, 4) is 0 Å². The average Bonchev–Trinajstić information content (AvgIpc) is 3.25. The maximum atomic E-state index is 4.93. The number of piperazine rings is 1. The molecule has 0 saturated carbocycles. The van der Waals surface area contributed by atoms with Crippen LogP contribution < -0.4 is 4.90 Å². The van der Waals surface area contributed by atoms with Gasteiger partial charge in [-0.15, -0.1) is 0 Å². The maximum Gasteiger partial charge on any atom is 0.139 e. The van der Waals surface area contributed by atoms with E-state index >= 15 is 0 Å². The molecule has 1 unspecified atom stereocenters. The second kappa shape index (κ2) is 8.13. The fraction of sp³-hybridized carbons (Fsp3) is 0.478. The van der Waals surface area contributed by atoms with E-state index in [0.29, 0.717) is 6.04 Å². The number of rotatable bonds is 4. The summed E-state index contributed by atoms with van der Waals surface area (Å²) in [4.78, 5) is 7.83. The lowest BCUT2D eigenvalue weighted by molar-refractivity contribution is 0.0889. The number of anilines is 1. The first kappa shape index (κ1) is 18.6. The molecule has 2 aliphatic heterocycles. The lowest BCUT2D eigenvalue weighted by Gasteiger charge is -2.44. The zero-order valence-electron chi connectivity index (χ0n) is 17.1. The Labute approximate surface area is 172 Å². The fourth-order valence-corrected chi connectivity index (χ4v) is 4.95. The Morgan fingerprint density at radius 3 is 2.69 bits per heavy atom. The number of benzene rings is 2. The van der Waals surface area contributed by atoms with E-state index in [1.54, 1.807) is 0 Å². The van der Waals surface area contributed by atoms with Crippen molar-refractivity contribution in [1.82, 2.24) is 20.1 Å². The van der Waals surface area contributed by atoms with Gasteiger partial charge in [-0.05, 0) is 59.9 Å². The van der Waals surface area contributed by atoms with Crippen LogP contribution in [0.15, 0.2) is 47.1 Å². The first-order valence-electron chi connectivity index (χ1n) is 10.7. The van der Waals surface area contributed by atoms with E-state index in [4.69, 9.17) is 4.63 Å². The second-order valence-electron chi connectivity index (χ2n) is 8.39. The van der Waals surface area contributed by atoms with E-state index in [-0.39, 0.29) is 0 Å². The maximum absolute atomic E-state index is 4.93. The highest BCUT2D eigenvalue weighted by Gasteiger charge is 2.28. The van der Waals surface area contributed by atoms with Gasteiger partial charge in [-0.3, -0.25) is 9.80 Å². The van der Waals surface area contributed by atoms with Gasteiger partial charge < -0.3 is 4.90 Å². The molecule has 3 aromatic rings. The third kappa shape index (κ3) is 3.87. The molecule has 3 heterocycles. The molecular weight excluding hydrogens is 362 g/mol. The van der Waals surface area contributed by atoms with E-state index in [2.05, 4.69) is 62.3 Å². The normalized spacial score (nSPS) is 21.7. The molecule has 2 fully saturated rings. The van der Waals surface area contributed by atoms with Gasteiger partial charge in [0.05, 0.1) is 0 Å². The number of para-hydroxylation sites is 1. The van der Waals surface area contributed by atoms with Crippen molar-refractivity contribution in [1.29, 1.82) is 0 Å². The number of hydrogen-bond donors (Lipinski definition) is 0. The van der Waals surface area contributed by atoms with Crippen molar-refractivity contribution >= 4 is 16.7 Å². The van der Waals surface area contributed by atoms with Crippen LogP contribution in [0.2, 0.25) is 0 Å². The predicted molar refractivity (Wildman–Crippen MR) is 115 cm³/mol. The Bertz CT molecular complexity index is 963. The van der Waals surface area contributed by atoms with Crippen LogP contribution in [-0.2, 0) is 6.54 Å². The summed E-state index contributed by atoms with van der Waals surface area (Å²) < 4.78 is 4.93. The van der Waals surface area contributed by atoms with Crippen molar-refractivity contribution in [2.75, 3.05) is 44.2 Å². The first-order valence-corrected chi connectivity index (χ1v) is 10.7.